The van der Waals surface area contributed by atoms with Gasteiger partial charge in [0.05, 0.1) is 6.54 Å². The zero-order valence-corrected chi connectivity index (χ0v) is 7.67. The van der Waals surface area contributed by atoms with Gasteiger partial charge in [0.25, 0.3) is 0 Å². The van der Waals surface area contributed by atoms with Crippen LogP contribution in [0.1, 0.15) is 19.3 Å². The SMILES string of the molecule is O=C(O)C(F)(F)CNC1CC2CC2C1. The summed E-state index contributed by atoms with van der Waals surface area (Å²) in [5.41, 5.74) is 0. The van der Waals surface area contributed by atoms with Crippen molar-refractivity contribution in [3.8, 4) is 0 Å². The number of nitrogens with one attached hydrogen (secondary N) is 1. The van der Waals surface area contributed by atoms with Gasteiger partial charge in [-0.3, -0.25) is 0 Å². The Balaban J connectivity index is 1.74. The van der Waals surface area contributed by atoms with Crippen molar-refractivity contribution >= 4 is 5.97 Å². The van der Waals surface area contributed by atoms with Gasteiger partial charge < -0.3 is 10.4 Å². The highest BCUT2D eigenvalue weighted by atomic mass is 19.3. The van der Waals surface area contributed by atoms with Gasteiger partial charge in [-0.1, -0.05) is 0 Å². The maximum absolute atomic E-state index is 12.6. The molecule has 2 unspecified atom stereocenters. The van der Waals surface area contributed by atoms with Crippen LogP contribution in [0.2, 0.25) is 0 Å². The lowest BCUT2D eigenvalue weighted by molar-refractivity contribution is -0.164. The predicted octanol–water partition coefficient (Wildman–Crippen LogP) is 1.09. The molecule has 14 heavy (non-hydrogen) atoms. The first-order valence-corrected chi connectivity index (χ1v) is 4.83. The van der Waals surface area contributed by atoms with Crippen molar-refractivity contribution in [2.75, 3.05) is 6.54 Å². The van der Waals surface area contributed by atoms with E-state index in [2.05, 4.69) is 5.32 Å². The highest BCUT2D eigenvalue weighted by Crippen LogP contribution is 2.51. The van der Waals surface area contributed by atoms with E-state index in [-0.39, 0.29) is 6.04 Å². The molecule has 0 aromatic heterocycles. The average molecular weight is 205 g/mol. The van der Waals surface area contributed by atoms with Crippen molar-refractivity contribution in [1.29, 1.82) is 0 Å². The number of carboxylic acids is 1. The van der Waals surface area contributed by atoms with Gasteiger partial charge in [-0.2, -0.15) is 8.78 Å². The van der Waals surface area contributed by atoms with Gasteiger partial charge >= 0.3 is 11.9 Å². The van der Waals surface area contributed by atoms with Crippen molar-refractivity contribution in [3.05, 3.63) is 0 Å². The predicted molar refractivity (Wildman–Crippen MR) is 45.2 cm³/mol. The maximum atomic E-state index is 12.6. The number of hydrogen-bond acceptors (Lipinski definition) is 2. The first-order chi connectivity index (χ1) is 6.49. The Morgan fingerprint density at radius 1 is 1.36 bits per heavy atom. The highest BCUT2D eigenvalue weighted by molar-refractivity contribution is 5.75. The summed E-state index contributed by atoms with van der Waals surface area (Å²) in [6.07, 6.45) is 3.09. The van der Waals surface area contributed by atoms with E-state index in [1.54, 1.807) is 0 Å². The van der Waals surface area contributed by atoms with Gasteiger partial charge in [0.1, 0.15) is 0 Å². The van der Waals surface area contributed by atoms with Crippen LogP contribution in [0.3, 0.4) is 0 Å². The Bertz CT molecular complexity index is 247. The van der Waals surface area contributed by atoms with Crippen LogP contribution in [0.15, 0.2) is 0 Å². The van der Waals surface area contributed by atoms with Gasteiger partial charge in [-0.25, -0.2) is 4.79 Å². The molecular formula is C9H13F2NO2. The molecule has 3 nitrogen and oxygen atoms in total. The van der Waals surface area contributed by atoms with E-state index in [1.807, 2.05) is 0 Å². The van der Waals surface area contributed by atoms with Crippen LogP contribution in [0.5, 0.6) is 0 Å². The molecule has 80 valence electrons. The number of halogens is 2. The summed E-state index contributed by atoms with van der Waals surface area (Å²) in [6, 6.07) is 0.101. The Morgan fingerprint density at radius 3 is 2.43 bits per heavy atom. The molecule has 2 fully saturated rings. The molecule has 0 bridgehead atoms. The summed E-state index contributed by atoms with van der Waals surface area (Å²) in [7, 11) is 0. The molecule has 0 aromatic carbocycles. The van der Waals surface area contributed by atoms with Gasteiger partial charge in [-0.15, -0.1) is 0 Å². The second kappa shape index (κ2) is 3.15. The van der Waals surface area contributed by atoms with Gasteiger partial charge in [0.2, 0.25) is 0 Å². The van der Waals surface area contributed by atoms with Crippen LogP contribution < -0.4 is 5.32 Å². The smallest absolute Gasteiger partial charge is 0.375 e. The number of carboxylic acid groups (broad SMARTS) is 1. The average Bonchev–Trinajstić information content (AvgIpc) is 2.71. The lowest BCUT2D eigenvalue weighted by Crippen LogP contribution is -2.43. The summed E-state index contributed by atoms with van der Waals surface area (Å²) in [6.45, 7) is -0.744. The molecule has 2 aliphatic rings. The fourth-order valence-electron chi connectivity index (χ4n) is 2.23. The van der Waals surface area contributed by atoms with Gasteiger partial charge in [0.15, 0.2) is 0 Å². The third kappa shape index (κ3) is 1.87. The monoisotopic (exact) mass is 205 g/mol. The van der Waals surface area contributed by atoms with E-state index in [0.29, 0.717) is 11.8 Å². The molecule has 0 aliphatic heterocycles. The molecule has 2 N–H and O–H groups in total. The largest absolute Gasteiger partial charge is 0.477 e. The van der Waals surface area contributed by atoms with E-state index in [1.165, 1.54) is 6.42 Å². The number of aliphatic carboxylic acids is 1. The topological polar surface area (TPSA) is 49.3 Å². The summed E-state index contributed by atoms with van der Waals surface area (Å²) < 4.78 is 25.3. The molecule has 0 heterocycles. The molecule has 5 heteroatoms. The quantitative estimate of drug-likeness (QED) is 0.722. The lowest BCUT2D eigenvalue weighted by Gasteiger charge is -2.17. The fraction of sp³-hybridized carbons (Fsp3) is 0.889. The van der Waals surface area contributed by atoms with Gasteiger partial charge in [-0.05, 0) is 31.1 Å². The number of rotatable bonds is 4. The lowest BCUT2D eigenvalue weighted by atomic mass is 10.1. The van der Waals surface area contributed by atoms with Gasteiger partial charge in [0, 0.05) is 6.04 Å². The summed E-state index contributed by atoms with van der Waals surface area (Å²) in [5.74, 6) is -4.25. The summed E-state index contributed by atoms with van der Waals surface area (Å²) in [4.78, 5) is 10.1. The molecule has 2 saturated carbocycles. The number of alkyl halides is 2. The third-order valence-electron chi connectivity index (χ3n) is 3.17. The summed E-state index contributed by atoms with van der Waals surface area (Å²) >= 11 is 0. The van der Waals surface area contributed by atoms with Crippen LogP contribution in [0.25, 0.3) is 0 Å². The molecule has 0 saturated heterocycles. The van der Waals surface area contributed by atoms with E-state index in [9.17, 15) is 13.6 Å². The van der Waals surface area contributed by atoms with Crippen molar-refractivity contribution in [2.45, 2.75) is 31.2 Å². The normalized spacial score (nSPS) is 35.4. The molecule has 2 atom stereocenters. The number of carbonyl (C=O) groups is 1. The van der Waals surface area contributed by atoms with Crippen LogP contribution >= 0.6 is 0 Å². The van der Waals surface area contributed by atoms with Crippen LogP contribution in [0.4, 0.5) is 8.78 Å². The van der Waals surface area contributed by atoms with Crippen LogP contribution in [-0.2, 0) is 4.79 Å². The molecule has 2 rings (SSSR count). The highest BCUT2D eigenvalue weighted by Gasteiger charge is 2.47. The zero-order valence-electron chi connectivity index (χ0n) is 7.67. The minimum atomic E-state index is -3.63. The van der Waals surface area contributed by atoms with Crippen molar-refractivity contribution in [2.24, 2.45) is 11.8 Å². The van der Waals surface area contributed by atoms with Crippen molar-refractivity contribution in [1.82, 2.24) is 5.32 Å². The second-order valence-electron chi connectivity index (χ2n) is 4.31. The standard InChI is InChI=1S/C9H13F2NO2/c10-9(11,8(13)14)4-12-7-2-5-1-6(5)3-7/h5-7,12H,1-4H2,(H,13,14). The van der Waals surface area contributed by atoms with E-state index in [4.69, 9.17) is 5.11 Å². The third-order valence-corrected chi connectivity index (χ3v) is 3.17. The minimum absolute atomic E-state index is 0.101. The zero-order chi connectivity index (χ0) is 10.3. The first kappa shape index (κ1) is 9.83. The van der Waals surface area contributed by atoms with Crippen LogP contribution in [0, 0.1) is 11.8 Å². The molecule has 0 amide bonds. The molecule has 0 spiro atoms. The Hall–Kier alpha value is -0.710. The van der Waals surface area contributed by atoms with E-state index >= 15 is 0 Å². The number of fused-ring (bicyclic) bond motifs is 1. The van der Waals surface area contributed by atoms with E-state index in [0.717, 1.165) is 12.8 Å². The molecule has 0 radical (unpaired) electrons. The minimum Gasteiger partial charge on any atom is -0.477 e. The van der Waals surface area contributed by atoms with Crippen molar-refractivity contribution < 1.29 is 18.7 Å². The Kier molecular flexibility index (Phi) is 2.21. The second-order valence-corrected chi connectivity index (χ2v) is 4.31. The Labute approximate surface area is 80.5 Å². The number of hydrogen-bond donors (Lipinski definition) is 2. The van der Waals surface area contributed by atoms with Crippen LogP contribution in [-0.4, -0.2) is 29.6 Å². The molecular weight excluding hydrogens is 192 g/mol. The maximum Gasteiger partial charge on any atom is 0.375 e. The van der Waals surface area contributed by atoms with Crippen molar-refractivity contribution in [3.63, 3.8) is 0 Å². The Morgan fingerprint density at radius 2 is 1.93 bits per heavy atom. The first-order valence-electron chi connectivity index (χ1n) is 4.83. The fourth-order valence-corrected chi connectivity index (χ4v) is 2.23. The summed E-state index contributed by atoms with van der Waals surface area (Å²) in [5, 5.41) is 10.8. The van der Waals surface area contributed by atoms with E-state index < -0.39 is 18.4 Å². The molecule has 2 aliphatic carbocycles. The molecule has 0 aromatic rings.